The Morgan fingerprint density at radius 1 is 1.44 bits per heavy atom. The lowest BCUT2D eigenvalue weighted by atomic mass is 9.84. The molecular formula is C23H27F4N5O3S. The van der Waals surface area contributed by atoms with E-state index in [2.05, 4.69) is 31.7 Å². The number of anilines is 1. The molecule has 2 aliphatic rings. The minimum absolute atomic E-state index is 0.0166. The maximum Gasteiger partial charge on any atom is 0.422 e. The number of amidine groups is 1. The van der Waals surface area contributed by atoms with Crippen molar-refractivity contribution in [1.82, 2.24) is 0 Å². The largest absolute Gasteiger partial charge is 0.467 e. The molecule has 0 radical (unpaired) electrons. The predicted molar refractivity (Wildman–Crippen MR) is 132 cm³/mol. The highest BCUT2D eigenvalue weighted by atomic mass is 32.2. The summed E-state index contributed by atoms with van der Waals surface area (Å²) in [5.74, 6) is -1.62. The predicted octanol–water partition coefficient (Wildman–Crippen LogP) is 4.29. The molecule has 1 saturated carbocycles. The summed E-state index contributed by atoms with van der Waals surface area (Å²) in [7, 11) is 1.60. The van der Waals surface area contributed by atoms with Crippen molar-refractivity contribution >= 4 is 41.0 Å². The number of aliphatic imine (C=N–C) groups is 3. The average molecular weight is 530 g/mol. The van der Waals surface area contributed by atoms with Crippen molar-refractivity contribution in [2.24, 2.45) is 26.6 Å². The van der Waals surface area contributed by atoms with E-state index in [0.29, 0.717) is 23.0 Å². The summed E-state index contributed by atoms with van der Waals surface area (Å²) in [6.45, 7) is 6.72. The summed E-state index contributed by atoms with van der Waals surface area (Å²) >= 11 is 1.43. The van der Waals surface area contributed by atoms with Gasteiger partial charge in [0, 0.05) is 24.3 Å². The van der Waals surface area contributed by atoms with Crippen molar-refractivity contribution in [1.29, 1.82) is 0 Å². The standard InChI is InChI=1S/C23H27F4N5O3S/c1-12-6-14(31-19(33)13(2)30-9-17(29-4)35-11-23(25,26)27)7-15(18(12)24)21(3)16-8-22(16,10-34-5)36-20(28)32-21/h6-7,9,16H,4,8,10-11H2,1-3,5H3,(H2,28,32)(H,31,33)/b17-9+,30-13+/t16-,21+,22+/m0/s1. The van der Waals surface area contributed by atoms with Gasteiger partial charge in [-0.3, -0.25) is 14.8 Å². The second kappa shape index (κ2) is 10.2. The van der Waals surface area contributed by atoms with Crippen LogP contribution in [-0.4, -0.2) is 54.8 Å². The van der Waals surface area contributed by atoms with E-state index in [-0.39, 0.29) is 21.9 Å². The molecule has 1 aromatic rings. The first-order valence-corrected chi connectivity index (χ1v) is 11.6. The quantitative estimate of drug-likeness (QED) is 0.282. The molecule has 3 rings (SSSR count). The Morgan fingerprint density at radius 3 is 2.75 bits per heavy atom. The van der Waals surface area contributed by atoms with E-state index in [4.69, 9.17) is 10.5 Å². The number of nitrogens with two attached hydrogens (primary N) is 1. The molecule has 0 aromatic heterocycles. The fourth-order valence-electron chi connectivity index (χ4n) is 4.25. The third-order valence-electron chi connectivity index (χ3n) is 6.04. The molecule has 3 atom stereocenters. The third-order valence-corrected chi connectivity index (χ3v) is 7.31. The maximum atomic E-state index is 15.3. The van der Waals surface area contributed by atoms with Crippen molar-refractivity contribution < 1.29 is 31.8 Å². The van der Waals surface area contributed by atoms with Gasteiger partial charge in [-0.25, -0.2) is 9.38 Å². The number of nitrogens with one attached hydrogen (secondary N) is 1. The van der Waals surface area contributed by atoms with Crippen LogP contribution in [0.2, 0.25) is 0 Å². The minimum atomic E-state index is -4.57. The number of aryl methyl sites for hydroxylation is 1. The Balaban J connectivity index is 1.84. The number of methoxy groups -OCH3 is 1. The van der Waals surface area contributed by atoms with Gasteiger partial charge in [0.25, 0.3) is 5.91 Å². The van der Waals surface area contributed by atoms with Crippen molar-refractivity contribution in [3.8, 4) is 0 Å². The number of alkyl halides is 3. The summed E-state index contributed by atoms with van der Waals surface area (Å²) < 4.78 is 61.9. The molecule has 0 saturated heterocycles. The fraction of sp³-hybridized carbons (Fsp3) is 0.478. The third kappa shape index (κ3) is 5.89. The van der Waals surface area contributed by atoms with Crippen LogP contribution in [0.1, 0.15) is 31.4 Å². The highest BCUT2D eigenvalue weighted by molar-refractivity contribution is 8.15. The number of thioether (sulfide) groups is 1. The van der Waals surface area contributed by atoms with Gasteiger partial charge < -0.3 is 20.5 Å². The van der Waals surface area contributed by atoms with Crippen LogP contribution in [0.5, 0.6) is 0 Å². The molecule has 1 fully saturated rings. The van der Waals surface area contributed by atoms with Gasteiger partial charge in [-0.05, 0) is 51.6 Å². The van der Waals surface area contributed by atoms with E-state index in [1.807, 2.05) is 6.92 Å². The number of ether oxygens (including phenoxy) is 2. The van der Waals surface area contributed by atoms with Gasteiger partial charge in [0.1, 0.15) is 11.5 Å². The molecule has 0 spiro atoms. The summed E-state index contributed by atoms with van der Waals surface area (Å²) in [5, 5.41) is 2.97. The summed E-state index contributed by atoms with van der Waals surface area (Å²) in [5.41, 5.74) is 5.92. The molecule has 36 heavy (non-hydrogen) atoms. The molecule has 1 heterocycles. The number of hydrogen-bond acceptors (Lipinski definition) is 8. The topological polar surface area (TPSA) is 111 Å². The van der Waals surface area contributed by atoms with Crippen molar-refractivity contribution in [3.05, 3.63) is 41.2 Å². The van der Waals surface area contributed by atoms with Gasteiger partial charge in [0.15, 0.2) is 11.8 Å². The summed E-state index contributed by atoms with van der Waals surface area (Å²) in [6, 6.07) is 2.97. The van der Waals surface area contributed by atoms with Gasteiger partial charge in [-0.1, -0.05) is 11.8 Å². The number of amides is 1. The average Bonchev–Trinajstić information content (AvgIpc) is 3.50. The molecule has 1 aliphatic heterocycles. The smallest absolute Gasteiger partial charge is 0.422 e. The highest BCUT2D eigenvalue weighted by Gasteiger charge is 2.66. The van der Waals surface area contributed by atoms with Crippen LogP contribution in [0.4, 0.5) is 23.2 Å². The van der Waals surface area contributed by atoms with E-state index >= 15 is 4.39 Å². The minimum Gasteiger partial charge on any atom is -0.467 e. The Labute approximate surface area is 210 Å². The summed E-state index contributed by atoms with van der Waals surface area (Å²) in [6.07, 6.45) is -2.96. The Morgan fingerprint density at radius 2 is 2.14 bits per heavy atom. The molecule has 0 unspecified atom stereocenters. The monoisotopic (exact) mass is 529 g/mol. The first-order chi connectivity index (χ1) is 16.7. The Kier molecular flexibility index (Phi) is 7.84. The summed E-state index contributed by atoms with van der Waals surface area (Å²) in [4.78, 5) is 24.4. The highest BCUT2D eigenvalue weighted by Crippen LogP contribution is 2.66. The number of carbonyl (C=O) groups is 1. The second-order valence-electron chi connectivity index (χ2n) is 8.81. The van der Waals surface area contributed by atoms with Gasteiger partial charge in [0.05, 0.1) is 23.1 Å². The van der Waals surface area contributed by atoms with E-state index in [0.717, 1.165) is 12.6 Å². The fourth-order valence-corrected chi connectivity index (χ4v) is 5.70. The first kappa shape index (κ1) is 27.7. The Bertz CT molecular complexity index is 1150. The van der Waals surface area contributed by atoms with Crippen LogP contribution >= 0.6 is 11.8 Å². The van der Waals surface area contributed by atoms with Gasteiger partial charge in [-0.2, -0.15) is 13.2 Å². The number of carbonyl (C=O) groups excluding carboxylic acids is 1. The van der Waals surface area contributed by atoms with Crippen LogP contribution in [0, 0.1) is 18.7 Å². The number of rotatable bonds is 9. The number of hydrogen-bond donors (Lipinski definition) is 2. The molecule has 196 valence electrons. The van der Waals surface area contributed by atoms with Gasteiger partial charge in [-0.15, -0.1) is 0 Å². The SMILES string of the molecule is C=N/C(=C\N=C(/C)C(=O)Nc1cc(C)c(F)c([C@@]2(C)N=C(N)S[C@@]3(COC)C[C@H]32)c1)OCC(F)(F)F. The van der Waals surface area contributed by atoms with Gasteiger partial charge in [0.2, 0.25) is 5.88 Å². The van der Waals surface area contributed by atoms with Crippen molar-refractivity contribution in [2.75, 3.05) is 25.6 Å². The molecule has 1 aliphatic carbocycles. The molecule has 1 aromatic carbocycles. The van der Waals surface area contributed by atoms with Crippen molar-refractivity contribution in [3.63, 3.8) is 0 Å². The van der Waals surface area contributed by atoms with Crippen LogP contribution in [0.3, 0.4) is 0 Å². The number of halogens is 4. The van der Waals surface area contributed by atoms with E-state index < -0.39 is 35.9 Å². The molecule has 1 amide bonds. The molecule has 13 heteroatoms. The maximum absolute atomic E-state index is 15.3. The van der Waals surface area contributed by atoms with E-state index in [1.54, 1.807) is 14.0 Å². The van der Waals surface area contributed by atoms with E-state index in [1.165, 1.54) is 30.8 Å². The number of fused-ring (bicyclic) bond motifs is 1. The zero-order valence-corrected chi connectivity index (χ0v) is 21.0. The normalized spacial score (nSPS) is 26.1. The van der Waals surface area contributed by atoms with Crippen LogP contribution in [0.25, 0.3) is 0 Å². The molecular weight excluding hydrogens is 502 g/mol. The second-order valence-corrected chi connectivity index (χ2v) is 10.2. The Hall–Kier alpha value is -2.93. The van der Waals surface area contributed by atoms with Crippen molar-refractivity contribution in [2.45, 2.75) is 43.7 Å². The zero-order valence-electron chi connectivity index (χ0n) is 20.2. The lowest BCUT2D eigenvalue weighted by molar-refractivity contribution is -0.164. The lowest BCUT2D eigenvalue weighted by Gasteiger charge is -2.34. The van der Waals surface area contributed by atoms with E-state index in [9.17, 15) is 18.0 Å². The zero-order chi connectivity index (χ0) is 26.9. The molecule has 8 nitrogen and oxygen atoms in total. The number of nitrogens with zero attached hydrogens (tertiary/aromatic N) is 3. The molecule has 3 N–H and O–H groups in total. The molecule has 0 bridgehead atoms. The van der Waals surface area contributed by atoms with Crippen LogP contribution in [-0.2, 0) is 19.8 Å². The van der Waals surface area contributed by atoms with Crippen LogP contribution < -0.4 is 11.1 Å². The van der Waals surface area contributed by atoms with Gasteiger partial charge >= 0.3 is 6.18 Å². The first-order valence-electron chi connectivity index (χ1n) is 10.8. The lowest BCUT2D eigenvalue weighted by Crippen LogP contribution is -2.38. The van der Waals surface area contributed by atoms with Crippen LogP contribution in [0.15, 0.2) is 39.2 Å². The number of benzene rings is 1.